The van der Waals surface area contributed by atoms with Gasteiger partial charge in [-0.3, -0.25) is 4.79 Å². The Kier molecular flexibility index (Phi) is 3.08. The Bertz CT molecular complexity index is 482. The van der Waals surface area contributed by atoms with Crippen LogP contribution in [0.2, 0.25) is 0 Å². The van der Waals surface area contributed by atoms with Crippen molar-refractivity contribution in [1.82, 2.24) is 5.32 Å². The Hall–Kier alpha value is -1.35. The van der Waals surface area contributed by atoms with Crippen molar-refractivity contribution < 1.29 is 4.79 Å². The van der Waals surface area contributed by atoms with Gasteiger partial charge in [0.1, 0.15) is 0 Å². The molecule has 0 saturated carbocycles. The lowest BCUT2D eigenvalue weighted by molar-refractivity contribution is -0.117. The number of rotatable bonds is 4. The van der Waals surface area contributed by atoms with Gasteiger partial charge >= 0.3 is 0 Å². The third kappa shape index (κ3) is 1.93. The Labute approximate surface area is 108 Å². The van der Waals surface area contributed by atoms with E-state index in [1.807, 2.05) is 11.9 Å². The van der Waals surface area contributed by atoms with Crippen LogP contribution in [0.5, 0.6) is 0 Å². The van der Waals surface area contributed by atoms with Crippen molar-refractivity contribution in [2.45, 2.75) is 32.1 Å². The van der Waals surface area contributed by atoms with Gasteiger partial charge in [-0.05, 0) is 56.0 Å². The van der Waals surface area contributed by atoms with E-state index in [9.17, 15) is 4.79 Å². The molecule has 0 atom stereocenters. The van der Waals surface area contributed by atoms with Crippen molar-refractivity contribution in [1.29, 1.82) is 0 Å². The van der Waals surface area contributed by atoms with Gasteiger partial charge < -0.3 is 10.2 Å². The van der Waals surface area contributed by atoms with Crippen molar-refractivity contribution in [3.63, 3.8) is 0 Å². The second-order valence-electron chi connectivity index (χ2n) is 5.30. The van der Waals surface area contributed by atoms with Crippen molar-refractivity contribution >= 4 is 11.6 Å². The molecule has 18 heavy (non-hydrogen) atoms. The summed E-state index contributed by atoms with van der Waals surface area (Å²) in [6, 6.07) is 4.57. The molecule has 0 unspecified atom stereocenters. The molecule has 3 nitrogen and oxygen atoms in total. The number of amides is 1. The predicted molar refractivity (Wildman–Crippen MR) is 73.1 cm³/mol. The fourth-order valence-electron chi connectivity index (χ4n) is 3.17. The van der Waals surface area contributed by atoms with Crippen LogP contribution in [0.1, 0.15) is 29.5 Å². The van der Waals surface area contributed by atoms with Gasteiger partial charge in [0, 0.05) is 6.54 Å². The highest BCUT2D eigenvalue weighted by atomic mass is 16.2. The summed E-state index contributed by atoms with van der Waals surface area (Å²) in [6.07, 6.45) is 5.12. The molecule has 1 aromatic rings. The molecule has 0 saturated heterocycles. The Balaban J connectivity index is 1.89. The molecule has 96 valence electrons. The summed E-state index contributed by atoms with van der Waals surface area (Å²) < 4.78 is 0. The summed E-state index contributed by atoms with van der Waals surface area (Å²) in [5.41, 5.74) is 5.29. The summed E-state index contributed by atoms with van der Waals surface area (Å²) in [7, 11) is 1.99. The number of carbonyl (C=O) groups is 1. The van der Waals surface area contributed by atoms with E-state index in [0.29, 0.717) is 12.3 Å². The van der Waals surface area contributed by atoms with Crippen molar-refractivity contribution in [2.24, 2.45) is 0 Å². The third-order valence-electron chi connectivity index (χ3n) is 3.96. The van der Waals surface area contributed by atoms with E-state index < -0.39 is 0 Å². The first kappa shape index (κ1) is 11.7. The second-order valence-corrected chi connectivity index (χ2v) is 5.30. The zero-order chi connectivity index (χ0) is 12.5. The topological polar surface area (TPSA) is 32.3 Å². The molecule has 3 heteroatoms. The van der Waals surface area contributed by atoms with Crippen LogP contribution in [-0.2, 0) is 24.1 Å². The molecule has 0 radical (unpaired) electrons. The maximum absolute atomic E-state index is 11.9. The van der Waals surface area contributed by atoms with E-state index >= 15 is 0 Å². The summed E-state index contributed by atoms with van der Waals surface area (Å²) in [5.74, 6) is 0.290. The molecule has 0 aromatic heterocycles. The molecule has 1 amide bonds. The van der Waals surface area contributed by atoms with Crippen molar-refractivity contribution in [3.05, 3.63) is 28.8 Å². The van der Waals surface area contributed by atoms with E-state index in [0.717, 1.165) is 38.8 Å². The molecule has 3 rings (SSSR count). The number of carbonyl (C=O) groups excluding carboxylic acids is 1. The first-order valence-electron chi connectivity index (χ1n) is 6.89. The number of nitrogens with zero attached hydrogens (tertiary/aromatic N) is 1. The van der Waals surface area contributed by atoms with Gasteiger partial charge in [0.05, 0.1) is 12.1 Å². The predicted octanol–water partition coefficient (Wildman–Crippen LogP) is 1.67. The smallest absolute Gasteiger partial charge is 0.231 e. The van der Waals surface area contributed by atoms with Crippen LogP contribution in [0.15, 0.2) is 12.1 Å². The van der Waals surface area contributed by atoms with Crippen LogP contribution in [-0.4, -0.2) is 26.0 Å². The zero-order valence-corrected chi connectivity index (χ0v) is 11.0. The van der Waals surface area contributed by atoms with Crippen molar-refractivity contribution in [2.75, 3.05) is 25.0 Å². The molecule has 2 aliphatic heterocycles. The van der Waals surface area contributed by atoms with Gasteiger partial charge in [0.2, 0.25) is 5.91 Å². The van der Waals surface area contributed by atoms with Gasteiger partial charge in [0.25, 0.3) is 0 Å². The first-order valence-corrected chi connectivity index (χ1v) is 6.89. The van der Waals surface area contributed by atoms with Gasteiger partial charge in [-0.1, -0.05) is 12.1 Å². The monoisotopic (exact) mass is 244 g/mol. The third-order valence-corrected chi connectivity index (χ3v) is 3.96. The standard InChI is InChI=1S/C15H20N2O/c1-16-6-2-4-11-8-12-5-3-7-17-14(18)10-13(9-11)15(12)17/h8-9,16H,2-7,10H2,1H3. The van der Waals surface area contributed by atoms with E-state index in [4.69, 9.17) is 0 Å². The molecular formula is C15H20N2O. The van der Waals surface area contributed by atoms with E-state index in [2.05, 4.69) is 17.4 Å². The number of aryl methyl sites for hydroxylation is 2. The first-order chi connectivity index (χ1) is 8.79. The molecule has 0 aliphatic carbocycles. The molecule has 2 aliphatic rings. The van der Waals surface area contributed by atoms with E-state index in [1.54, 1.807) is 0 Å². The number of benzene rings is 1. The normalized spacial score (nSPS) is 17.2. The van der Waals surface area contributed by atoms with Crippen LogP contribution >= 0.6 is 0 Å². The maximum Gasteiger partial charge on any atom is 0.231 e. The van der Waals surface area contributed by atoms with E-state index in [1.165, 1.54) is 22.4 Å². The summed E-state index contributed by atoms with van der Waals surface area (Å²) >= 11 is 0. The molecule has 2 heterocycles. The Morgan fingerprint density at radius 1 is 1.33 bits per heavy atom. The number of anilines is 1. The quantitative estimate of drug-likeness (QED) is 0.817. The molecule has 0 bridgehead atoms. The SMILES string of the molecule is CNCCCc1cc2c3c(c1)CC(=O)N3CCC2. The fourth-order valence-corrected chi connectivity index (χ4v) is 3.17. The molecule has 1 N–H and O–H groups in total. The highest BCUT2D eigenvalue weighted by Crippen LogP contribution is 2.37. The fraction of sp³-hybridized carbons (Fsp3) is 0.533. The lowest BCUT2D eigenvalue weighted by Crippen LogP contribution is -2.31. The molecule has 0 spiro atoms. The van der Waals surface area contributed by atoms with Gasteiger partial charge in [-0.15, -0.1) is 0 Å². The zero-order valence-electron chi connectivity index (χ0n) is 11.0. The van der Waals surface area contributed by atoms with Crippen molar-refractivity contribution in [3.8, 4) is 0 Å². The van der Waals surface area contributed by atoms with Crippen LogP contribution < -0.4 is 10.2 Å². The average Bonchev–Trinajstić information content (AvgIpc) is 2.69. The summed E-state index contributed by atoms with van der Waals surface area (Å²) in [4.78, 5) is 13.9. The minimum atomic E-state index is 0.290. The van der Waals surface area contributed by atoms with Gasteiger partial charge in [0.15, 0.2) is 0 Å². The molecule has 1 aromatic carbocycles. The van der Waals surface area contributed by atoms with Crippen LogP contribution in [0.4, 0.5) is 5.69 Å². The Morgan fingerprint density at radius 3 is 3.00 bits per heavy atom. The summed E-state index contributed by atoms with van der Waals surface area (Å²) in [6.45, 7) is 1.97. The lowest BCUT2D eigenvalue weighted by atomic mass is 9.95. The highest BCUT2D eigenvalue weighted by molar-refractivity contribution is 6.02. The van der Waals surface area contributed by atoms with Gasteiger partial charge in [-0.25, -0.2) is 0 Å². The minimum absolute atomic E-state index is 0.290. The molecule has 0 fully saturated rings. The summed E-state index contributed by atoms with van der Waals surface area (Å²) in [5, 5.41) is 3.18. The molecular weight excluding hydrogens is 224 g/mol. The number of nitrogens with one attached hydrogen (secondary N) is 1. The van der Waals surface area contributed by atoms with Crippen LogP contribution in [0.3, 0.4) is 0 Å². The van der Waals surface area contributed by atoms with Crippen LogP contribution in [0, 0.1) is 0 Å². The number of hydrogen-bond donors (Lipinski definition) is 1. The largest absolute Gasteiger partial charge is 0.320 e. The minimum Gasteiger partial charge on any atom is -0.320 e. The van der Waals surface area contributed by atoms with Gasteiger partial charge in [-0.2, -0.15) is 0 Å². The van der Waals surface area contributed by atoms with Crippen LogP contribution in [0.25, 0.3) is 0 Å². The average molecular weight is 244 g/mol. The van der Waals surface area contributed by atoms with E-state index in [-0.39, 0.29) is 0 Å². The maximum atomic E-state index is 11.9. The Morgan fingerprint density at radius 2 is 2.17 bits per heavy atom. The number of hydrogen-bond acceptors (Lipinski definition) is 2. The second kappa shape index (κ2) is 4.73. The highest BCUT2D eigenvalue weighted by Gasteiger charge is 2.32. The lowest BCUT2D eigenvalue weighted by Gasteiger charge is -2.26.